The molecule has 1 aromatic heterocycles. The van der Waals surface area contributed by atoms with Gasteiger partial charge in [-0.3, -0.25) is 0 Å². The molecule has 70 valence electrons. The Morgan fingerprint density at radius 3 is 2.31 bits per heavy atom. The molecule has 2 N–H and O–H groups in total. The third-order valence-electron chi connectivity index (χ3n) is 1.82. The summed E-state index contributed by atoms with van der Waals surface area (Å²) in [5, 5.41) is 0. The van der Waals surface area contributed by atoms with Crippen LogP contribution in [0.2, 0.25) is 14.8 Å². The van der Waals surface area contributed by atoms with Crippen LogP contribution < -0.4 is 9.44 Å². The molecule has 1 amide bonds. The van der Waals surface area contributed by atoms with Crippen LogP contribution in [0.4, 0.5) is 0 Å². The third kappa shape index (κ3) is 2.69. The minimum absolute atomic E-state index is 0.414. The van der Waals surface area contributed by atoms with Gasteiger partial charge in [0.25, 0.3) is 0 Å². The quantitative estimate of drug-likeness (QED) is 0.814. The molecule has 0 unspecified atom stereocenters. The topological polar surface area (TPSA) is 56.0 Å². The summed E-state index contributed by atoms with van der Waals surface area (Å²) in [4.78, 5) is 21.9. The van der Waals surface area contributed by atoms with E-state index in [1.54, 1.807) is 12.3 Å². The van der Waals surface area contributed by atoms with Crippen LogP contribution >= 0.6 is 0 Å². The third-order valence-corrected chi connectivity index (χ3v) is 7.05. The van der Waals surface area contributed by atoms with E-state index in [0.29, 0.717) is 5.56 Å². The molecule has 0 saturated heterocycles. The van der Waals surface area contributed by atoms with Crippen molar-refractivity contribution in [3.05, 3.63) is 23.9 Å². The number of carbonyl (C=O) groups excluding carboxylic acids is 1. The van der Waals surface area contributed by atoms with Crippen LogP contribution in [0.15, 0.2) is 18.3 Å². The predicted octanol–water partition coefficient (Wildman–Crippen LogP) is 0.726. The second-order valence-electron chi connectivity index (χ2n) is 4.05. The Hall–Kier alpha value is -0.581. The van der Waals surface area contributed by atoms with E-state index in [1.165, 1.54) is 3.71 Å². The number of primary amides is 1. The molecule has 0 aliphatic carbocycles. The van der Waals surface area contributed by atoms with Crippen LogP contribution in [-0.2, 0) is 0 Å². The molecule has 1 aromatic rings. The molecule has 0 aliphatic rings. The Kier molecular flexibility index (Phi) is 2.95. The number of nitrogens with two attached hydrogens (primary N) is 1. The van der Waals surface area contributed by atoms with Gasteiger partial charge in [0.15, 0.2) is 0 Å². The molecule has 1 rings (SSSR count). The number of amides is 1. The SMILES string of the molecule is [CH3][Sn]([CH3])([CH3])[c]1ccc(C(N)=O)cn1. The van der Waals surface area contributed by atoms with Crippen molar-refractivity contribution in [2.24, 2.45) is 5.73 Å². The maximum atomic E-state index is 10.8. The van der Waals surface area contributed by atoms with E-state index in [4.69, 9.17) is 5.73 Å². The number of aromatic nitrogens is 1. The molecule has 1 heterocycles. The Balaban J connectivity index is 3.01. The Morgan fingerprint density at radius 1 is 1.38 bits per heavy atom. The minimum atomic E-state index is -2.05. The van der Waals surface area contributed by atoms with E-state index in [1.807, 2.05) is 6.07 Å². The number of rotatable bonds is 2. The second kappa shape index (κ2) is 3.65. The van der Waals surface area contributed by atoms with Crippen LogP contribution in [0.25, 0.3) is 0 Å². The average Bonchev–Trinajstić information content (AvgIpc) is 2.03. The maximum absolute atomic E-state index is 10.8. The summed E-state index contributed by atoms with van der Waals surface area (Å²) < 4.78 is 1.17. The summed E-state index contributed by atoms with van der Waals surface area (Å²) in [6, 6.07) is 3.68. The van der Waals surface area contributed by atoms with Crippen LogP contribution in [-0.4, -0.2) is 29.3 Å². The zero-order valence-electron chi connectivity index (χ0n) is 8.16. The van der Waals surface area contributed by atoms with Crippen molar-refractivity contribution in [3.63, 3.8) is 0 Å². The molecule has 0 saturated carbocycles. The second-order valence-corrected chi connectivity index (χ2v) is 18.4. The van der Waals surface area contributed by atoms with Crippen molar-refractivity contribution in [2.45, 2.75) is 14.8 Å². The van der Waals surface area contributed by atoms with Gasteiger partial charge in [-0.25, -0.2) is 0 Å². The van der Waals surface area contributed by atoms with E-state index >= 15 is 0 Å². The van der Waals surface area contributed by atoms with Crippen molar-refractivity contribution < 1.29 is 4.79 Å². The number of pyridine rings is 1. The van der Waals surface area contributed by atoms with Crippen molar-refractivity contribution in [2.75, 3.05) is 0 Å². The van der Waals surface area contributed by atoms with Crippen LogP contribution in [0, 0.1) is 0 Å². The van der Waals surface area contributed by atoms with Crippen molar-refractivity contribution in [1.82, 2.24) is 4.98 Å². The molecule has 0 radical (unpaired) electrons. The van der Waals surface area contributed by atoms with Crippen LogP contribution in [0.1, 0.15) is 10.4 Å². The molecule has 0 bridgehead atoms. The van der Waals surface area contributed by atoms with Crippen molar-refractivity contribution in [3.8, 4) is 0 Å². The summed E-state index contributed by atoms with van der Waals surface area (Å²) in [6.07, 6.45) is 1.57. The fourth-order valence-corrected chi connectivity index (χ4v) is 3.94. The van der Waals surface area contributed by atoms with Gasteiger partial charge >= 0.3 is 82.2 Å². The van der Waals surface area contributed by atoms with Gasteiger partial charge in [-0.1, -0.05) is 0 Å². The zero-order valence-corrected chi connectivity index (χ0v) is 11.0. The molecular weight excluding hydrogens is 271 g/mol. The molecule has 13 heavy (non-hydrogen) atoms. The van der Waals surface area contributed by atoms with E-state index in [9.17, 15) is 4.79 Å². The fourth-order valence-electron chi connectivity index (χ4n) is 0.983. The van der Waals surface area contributed by atoms with Gasteiger partial charge in [-0.15, -0.1) is 0 Å². The normalized spacial score (nSPS) is 11.3. The van der Waals surface area contributed by atoms with E-state index in [0.717, 1.165) is 0 Å². The number of nitrogens with zero attached hydrogens (tertiary/aromatic N) is 1. The number of hydrogen-bond acceptors (Lipinski definition) is 2. The summed E-state index contributed by atoms with van der Waals surface area (Å²) in [7, 11) is 0. The van der Waals surface area contributed by atoms with Gasteiger partial charge in [0.2, 0.25) is 0 Å². The summed E-state index contributed by atoms with van der Waals surface area (Å²) >= 11 is -2.05. The van der Waals surface area contributed by atoms with Gasteiger partial charge in [-0.05, 0) is 0 Å². The van der Waals surface area contributed by atoms with E-state index < -0.39 is 24.3 Å². The first-order valence-corrected chi connectivity index (χ1v) is 14.2. The van der Waals surface area contributed by atoms with Gasteiger partial charge in [0.1, 0.15) is 0 Å². The first-order chi connectivity index (χ1) is 5.91. The Labute approximate surface area is 82.2 Å². The predicted molar refractivity (Wildman–Crippen MR) is 55.7 cm³/mol. The van der Waals surface area contributed by atoms with Gasteiger partial charge in [-0.2, -0.15) is 0 Å². The Morgan fingerprint density at radius 2 is 2.00 bits per heavy atom. The zero-order chi connectivity index (χ0) is 10.1. The molecule has 0 aliphatic heterocycles. The fraction of sp³-hybridized carbons (Fsp3) is 0.333. The molecule has 0 spiro atoms. The standard InChI is InChI=1S/C6H5N2O.3CH3.Sn/c7-6(9)5-2-1-3-8-4-5;;;;/h1-2,4H,(H2,7,9);3*1H3;. The summed E-state index contributed by atoms with van der Waals surface area (Å²) in [6.45, 7) is 0. The van der Waals surface area contributed by atoms with Gasteiger partial charge in [0.05, 0.1) is 0 Å². The molecule has 4 heteroatoms. The first kappa shape index (κ1) is 10.5. The molecular formula is C9H14N2OSn. The summed E-state index contributed by atoms with van der Waals surface area (Å²) in [5.74, 6) is -0.414. The van der Waals surface area contributed by atoms with Gasteiger partial charge in [0, 0.05) is 0 Å². The first-order valence-electron chi connectivity index (χ1n) is 4.17. The monoisotopic (exact) mass is 286 g/mol. The van der Waals surface area contributed by atoms with Crippen LogP contribution in [0.5, 0.6) is 0 Å². The summed E-state index contributed by atoms with van der Waals surface area (Å²) in [5.41, 5.74) is 5.60. The van der Waals surface area contributed by atoms with Crippen LogP contribution in [0.3, 0.4) is 0 Å². The van der Waals surface area contributed by atoms with Crippen molar-refractivity contribution >= 4 is 28.0 Å². The Bertz CT molecular complexity index is 313. The van der Waals surface area contributed by atoms with Gasteiger partial charge < -0.3 is 0 Å². The van der Waals surface area contributed by atoms with E-state index in [2.05, 4.69) is 19.8 Å². The number of hydrogen-bond donors (Lipinski definition) is 1. The molecule has 0 atom stereocenters. The van der Waals surface area contributed by atoms with E-state index in [-0.39, 0.29) is 0 Å². The molecule has 0 aromatic carbocycles. The molecule has 3 nitrogen and oxygen atoms in total. The average molecular weight is 285 g/mol. The van der Waals surface area contributed by atoms with Crippen molar-refractivity contribution in [1.29, 1.82) is 0 Å². The number of carbonyl (C=O) groups is 1. The molecule has 0 fully saturated rings.